The summed E-state index contributed by atoms with van der Waals surface area (Å²) in [6.07, 6.45) is 14.2. The van der Waals surface area contributed by atoms with E-state index in [2.05, 4.69) is 4.90 Å². The Balaban J connectivity index is 1.25. The summed E-state index contributed by atoms with van der Waals surface area (Å²) in [5.41, 5.74) is 1.25. The van der Waals surface area contributed by atoms with Gasteiger partial charge in [-0.15, -0.1) is 0 Å². The summed E-state index contributed by atoms with van der Waals surface area (Å²) in [6, 6.07) is 12.8. The van der Waals surface area contributed by atoms with Gasteiger partial charge in [-0.1, -0.05) is 31.4 Å². The van der Waals surface area contributed by atoms with Crippen LogP contribution in [-0.4, -0.2) is 50.2 Å². The molecule has 2 aliphatic carbocycles. The van der Waals surface area contributed by atoms with Crippen molar-refractivity contribution in [2.45, 2.75) is 94.9 Å². The second-order valence-corrected chi connectivity index (χ2v) is 12.5. The highest BCUT2D eigenvalue weighted by Gasteiger charge is 2.47. The molecule has 2 unspecified atom stereocenters. The first-order valence-corrected chi connectivity index (χ1v) is 15.1. The number of aromatic nitrogens is 3. The van der Waals surface area contributed by atoms with Crippen LogP contribution >= 0.6 is 0 Å². The molecule has 2 saturated heterocycles. The van der Waals surface area contributed by atoms with Crippen molar-refractivity contribution in [1.82, 2.24) is 19.0 Å². The van der Waals surface area contributed by atoms with Crippen LogP contribution in [0.3, 0.4) is 0 Å². The molecule has 6 atom stereocenters. The molecular weight excluding hydrogens is 504 g/mol. The zero-order valence-electron chi connectivity index (χ0n) is 23.2. The van der Waals surface area contributed by atoms with Crippen LogP contribution in [0.25, 0.3) is 22.3 Å². The van der Waals surface area contributed by atoms with Gasteiger partial charge in [-0.2, -0.15) is 0 Å². The van der Waals surface area contributed by atoms with Crippen molar-refractivity contribution in [2.24, 2.45) is 11.8 Å². The number of ether oxygens (including phenoxy) is 1. The van der Waals surface area contributed by atoms with E-state index < -0.39 is 11.5 Å². The molecule has 1 aromatic carbocycles. The maximum Gasteiger partial charge on any atom is 0.325 e. The molecular formula is C32H38N4O4. The third-order valence-electron chi connectivity index (χ3n) is 10.3. The van der Waals surface area contributed by atoms with Crippen molar-refractivity contribution < 1.29 is 9.53 Å². The smallest absolute Gasteiger partial charge is 0.325 e. The van der Waals surface area contributed by atoms with E-state index >= 15 is 0 Å². The minimum absolute atomic E-state index is 0.0667. The lowest BCUT2D eigenvalue weighted by Gasteiger charge is -2.49. The van der Waals surface area contributed by atoms with Gasteiger partial charge in [0.2, 0.25) is 0 Å². The molecule has 8 heteroatoms. The number of fused-ring (bicyclic) bond motifs is 5. The summed E-state index contributed by atoms with van der Waals surface area (Å²) in [5.74, 6) is 1.28. The van der Waals surface area contributed by atoms with Crippen LogP contribution in [0.4, 0.5) is 0 Å². The Hall–Kier alpha value is -3.26. The average molecular weight is 543 g/mol. The van der Waals surface area contributed by atoms with Gasteiger partial charge >= 0.3 is 5.97 Å². The van der Waals surface area contributed by atoms with Crippen LogP contribution in [0.2, 0.25) is 0 Å². The average Bonchev–Trinajstić information content (AvgIpc) is 3.23. The van der Waals surface area contributed by atoms with Crippen LogP contribution < -0.4 is 11.1 Å². The molecule has 8 nitrogen and oxygen atoms in total. The molecule has 0 N–H and O–H groups in total. The first-order valence-electron chi connectivity index (χ1n) is 15.1. The number of methoxy groups -OCH3 is 1. The van der Waals surface area contributed by atoms with E-state index in [0.29, 0.717) is 23.6 Å². The first kappa shape index (κ1) is 25.7. The molecule has 4 aliphatic rings. The number of esters is 1. The van der Waals surface area contributed by atoms with Crippen LogP contribution in [0.15, 0.2) is 52.2 Å². The van der Waals surface area contributed by atoms with Gasteiger partial charge in [-0.3, -0.25) is 19.3 Å². The summed E-state index contributed by atoms with van der Waals surface area (Å²) in [4.78, 5) is 47.1. The number of pyridine rings is 1. The van der Waals surface area contributed by atoms with Crippen molar-refractivity contribution in [3.63, 3.8) is 0 Å². The Bertz CT molecular complexity index is 1530. The Morgan fingerprint density at radius 1 is 0.850 bits per heavy atom. The fourth-order valence-electron chi connectivity index (χ4n) is 8.67. The molecule has 3 aromatic rings. The molecule has 4 heterocycles. The standard InChI is InChI=1S/C32H38N4O4/c1-40-29(37)19-34-13-5-8-26(31(34)38)30-32(39)36(28-10-3-2-9-27(28)33-30)25-17-22-11-12-23(18-25)35(22)24-15-20-6-4-7-21(14-20)16-24/h2-3,5,8-10,13,20-25H,4,6-7,11-12,14-19H2,1H3/t20-,21+,22-,23+,24?,25?. The highest BCUT2D eigenvalue weighted by molar-refractivity contribution is 5.78. The van der Waals surface area contributed by atoms with Gasteiger partial charge < -0.3 is 13.9 Å². The van der Waals surface area contributed by atoms with Crippen LogP contribution in [0.1, 0.15) is 70.3 Å². The number of para-hydroxylation sites is 2. The van der Waals surface area contributed by atoms with Crippen LogP contribution in [0, 0.1) is 11.8 Å². The van der Waals surface area contributed by atoms with Crippen molar-refractivity contribution in [3.05, 3.63) is 63.3 Å². The van der Waals surface area contributed by atoms with E-state index in [-0.39, 0.29) is 29.4 Å². The van der Waals surface area contributed by atoms with Crippen molar-refractivity contribution >= 4 is 17.0 Å². The Kier molecular flexibility index (Phi) is 6.61. The van der Waals surface area contributed by atoms with Crippen molar-refractivity contribution in [2.75, 3.05) is 7.11 Å². The monoisotopic (exact) mass is 542 g/mol. The quantitative estimate of drug-likeness (QED) is 0.440. The summed E-state index contributed by atoms with van der Waals surface area (Å²) in [7, 11) is 1.29. The second kappa shape index (κ2) is 10.3. The number of piperidine rings is 1. The van der Waals surface area contributed by atoms with Crippen LogP contribution in [0.5, 0.6) is 0 Å². The van der Waals surface area contributed by atoms with Gasteiger partial charge in [0.25, 0.3) is 11.1 Å². The number of carbonyl (C=O) groups is 1. The Labute approximate surface area is 234 Å². The lowest BCUT2D eigenvalue weighted by molar-refractivity contribution is -0.141. The predicted octanol–water partition coefficient (Wildman–Crippen LogP) is 4.53. The Morgan fingerprint density at radius 2 is 1.57 bits per heavy atom. The highest BCUT2D eigenvalue weighted by atomic mass is 16.5. The SMILES string of the molecule is COC(=O)Cn1cccc(-c2nc3ccccc3n(C3C[C@H]4CC[C@@H](C3)N4C3C[C@H]4CCC[C@@H](C3)C4)c2=O)c1=O. The molecule has 0 amide bonds. The second-order valence-electron chi connectivity index (χ2n) is 12.5. The van der Waals surface area contributed by atoms with Gasteiger partial charge in [-0.05, 0) is 81.0 Å². The maximum absolute atomic E-state index is 14.2. The van der Waals surface area contributed by atoms with Crippen molar-refractivity contribution in [3.8, 4) is 11.3 Å². The van der Waals surface area contributed by atoms with Crippen molar-refractivity contribution in [1.29, 1.82) is 0 Å². The first-order chi connectivity index (χ1) is 19.5. The fourth-order valence-corrected chi connectivity index (χ4v) is 8.67. The molecule has 2 aliphatic heterocycles. The number of hydrogen-bond donors (Lipinski definition) is 0. The van der Waals surface area contributed by atoms with E-state index in [0.717, 1.165) is 30.2 Å². The van der Waals surface area contributed by atoms with E-state index in [4.69, 9.17) is 9.72 Å². The molecule has 40 heavy (non-hydrogen) atoms. The van der Waals surface area contributed by atoms with Gasteiger partial charge in [0.05, 0.1) is 23.7 Å². The normalized spacial score (nSPS) is 29.9. The number of benzene rings is 1. The third-order valence-corrected chi connectivity index (χ3v) is 10.3. The predicted molar refractivity (Wildman–Crippen MR) is 153 cm³/mol. The van der Waals surface area contributed by atoms with E-state index in [9.17, 15) is 14.4 Å². The van der Waals surface area contributed by atoms with Gasteiger partial charge in [0.15, 0.2) is 0 Å². The summed E-state index contributed by atoms with van der Waals surface area (Å²) >= 11 is 0. The fraction of sp³-hybridized carbons (Fsp3) is 0.562. The zero-order chi connectivity index (χ0) is 27.4. The highest BCUT2D eigenvalue weighted by Crippen LogP contribution is 2.48. The minimum atomic E-state index is -0.521. The van der Waals surface area contributed by atoms with E-state index in [1.54, 1.807) is 12.1 Å². The molecule has 0 spiro atoms. The maximum atomic E-state index is 14.2. The molecule has 7 rings (SSSR count). The minimum Gasteiger partial charge on any atom is -0.468 e. The van der Waals surface area contributed by atoms with Crippen LogP contribution in [-0.2, 0) is 16.1 Å². The number of hydrogen-bond acceptors (Lipinski definition) is 6. The zero-order valence-corrected chi connectivity index (χ0v) is 23.2. The molecule has 4 fully saturated rings. The topological polar surface area (TPSA) is 86.4 Å². The number of nitrogens with zero attached hydrogens (tertiary/aromatic N) is 4. The third kappa shape index (κ3) is 4.41. The lowest BCUT2D eigenvalue weighted by atomic mass is 9.69. The summed E-state index contributed by atoms with van der Waals surface area (Å²) in [6.45, 7) is -0.213. The summed E-state index contributed by atoms with van der Waals surface area (Å²) < 4.78 is 7.97. The number of rotatable bonds is 5. The van der Waals surface area contributed by atoms with Gasteiger partial charge in [0.1, 0.15) is 12.2 Å². The Morgan fingerprint density at radius 3 is 2.30 bits per heavy atom. The molecule has 2 saturated carbocycles. The van der Waals surface area contributed by atoms with Gasteiger partial charge in [-0.25, -0.2) is 4.98 Å². The van der Waals surface area contributed by atoms with E-state index in [1.165, 1.54) is 69.2 Å². The largest absolute Gasteiger partial charge is 0.468 e. The molecule has 0 radical (unpaired) electrons. The molecule has 2 aromatic heterocycles. The molecule has 4 bridgehead atoms. The number of carbonyl (C=O) groups excluding carboxylic acids is 1. The van der Waals surface area contributed by atoms with E-state index in [1.807, 2.05) is 28.8 Å². The summed E-state index contributed by atoms with van der Waals surface area (Å²) in [5, 5.41) is 0. The molecule has 210 valence electrons. The lowest BCUT2D eigenvalue weighted by Crippen LogP contribution is -2.52. The van der Waals surface area contributed by atoms with Gasteiger partial charge in [0, 0.05) is 30.4 Å².